The molecule has 70 valence electrons. The number of methoxy groups -OCH3 is 2. The van der Waals surface area contributed by atoms with E-state index in [9.17, 15) is 4.79 Å². The molecule has 0 radical (unpaired) electrons. The molecule has 1 amide bonds. The second-order valence-corrected chi connectivity index (χ2v) is 2.30. The summed E-state index contributed by atoms with van der Waals surface area (Å²) in [5, 5.41) is 0. The fraction of sp³-hybridized carbons (Fsp3) is 0.250. The summed E-state index contributed by atoms with van der Waals surface area (Å²) in [7, 11) is 2.90. The fourth-order valence-electron chi connectivity index (χ4n) is 0.832. The Hall–Kier alpha value is -1.78. The van der Waals surface area contributed by atoms with E-state index in [1.165, 1.54) is 26.4 Å². The van der Waals surface area contributed by atoms with E-state index < -0.39 is 5.91 Å². The van der Waals surface area contributed by atoms with Crippen molar-refractivity contribution in [3.05, 3.63) is 17.7 Å². The average molecular weight is 182 g/mol. The molecule has 0 unspecified atom stereocenters. The van der Waals surface area contributed by atoms with Crippen molar-refractivity contribution in [1.29, 1.82) is 0 Å². The number of rotatable bonds is 3. The topological polar surface area (TPSA) is 74.4 Å². The highest BCUT2D eigenvalue weighted by molar-refractivity contribution is 5.93. The first-order valence-electron chi connectivity index (χ1n) is 3.57. The highest BCUT2D eigenvalue weighted by atomic mass is 16.5. The molecule has 0 spiro atoms. The summed E-state index contributed by atoms with van der Waals surface area (Å²) in [5.74, 6) is 0.0558. The molecule has 0 aliphatic heterocycles. The van der Waals surface area contributed by atoms with Gasteiger partial charge in [-0.25, -0.2) is 0 Å². The van der Waals surface area contributed by atoms with Gasteiger partial charge in [0.15, 0.2) is 0 Å². The summed E-state index contributed by atoms with van der Waals surface area (Å²) in [5.41, 5.74) is 5.39. The number of aromatic nitrogens is 1. The molecule has 0 bridgehead atoms. The van der Waals surface area contributed by atoms with Gasteiger partial charge in [0.2, 0.25) is 17.7 Å². The minimum Gasteiger partial charge on any atom is -0.481 e. The van der Waals surface area contributed by atoms with E-state index >= 15 is 0 Å². The molecule has 0 atom stereocenters. The van der Waals surface area contributed by atoms with Crippen molar-refractivity contribution in [2.45, 2.75) is 0 Å². The summed E-state index contributed by atoms with van der Waals surface area (Å²) in [6.07, 6.45) is 0. The number of nitrogens with two attached hydrogens (primary N) is 1. The maximum atomic E-state index is 10.8. The number of hydrogen-bond acceptors (Lipinski definition) is 4. The minimum absolute atomic E-state index is 0.299. The average Bonchev–Trinajstić information content (AvgIpc) is 2.16. The first kappa shape index (κ1) is 9.31. The molecule has 13 heavy (non-hydrogen) atoms. The SMILES string of the molecule is COc1cc(C(N)=O)cc(OC)n1. The maximum absolute atomic E-state index is 10.8. The first-order chi connectivity index (χ1) is 6.17. The second-order valence-electron chi connectivity index (χ2n) is 2.30. The third-order valence-electron chi connectivity index (χ3n) is 1.48. The molecular formula is C8H10N2O3. The Bertz CT molecular complexity index is 303. The van der Waals surface area contributed by atoms with E-state index in [2.05, 4.69) is 4.98 Å². The molecule has 0 aliphatic carbocycles. The number of nitrogens with zero attached hydrogens (tertiary/aromatic N) is 1. The van der Waals surface area contributed by atoms with Crippen LogP contribution in [0.25, 0.3) is 0 Å². The van der Waals surface area contributed by atoms with E-state index in [0.29, 0.717) is 17.3 Å². The molecule has 0 fully saturated rings. The van der Waals surface area contributed by atoms with Gasteiger partial charge < -0.3 is 15.2 Å². The Morgan fingerprint density at radius 3 is 2.08 bits per heavy atom. The maximum Gasteiger partial charge on any atom is 0.249 e. The Morgan fingerprint density at radius 2 is 1.77 bits per heavy atom. The number of carbonyl (C=O) groups is 1. The van der Waals surface area contributed by atoms with Gasteiger partial charge in [0.1, 0.15) is 0 Å². The lowest BCUT2D eigenvalue weighted by atomic mass is 10.2. The predicted molar refractivity (Wildman–Crippen MR) is 45.9 cm³/mol. The Balaban J connectivity index is 3.14. The molecule has 1 aromatic rings. The predicted octanol–water partition coefficient (Wildman–Crippen LogP) is 0.198. The van der Waals surface area contributed by atoms with Gasteiger partial charge in [-0.05, 0) is 0 Å². The number of amides is 1. The van der Waals surface area contributed by atoms with Crippen LogP contribution in [-0.2, 0) is 0 Å². The van der Waals surface area contributed by atoms with E-state index in [1.54, 1.807) is 0 Å². The molecule has 2 N–H and O–H groups in total. The molecule has 5 heteroatoms. The smallest absolute Gasteiger partial charge is 0.249 e. The van der Waals surface area contributed by atoms with Crippen LogP contribution in [0.15, 0.2) is 12.1 Å². The summed E-state index contributed by atoms with van der Waals surface area (Å²) in [4.78, 5) is 14.7. The normalized spacial score (nSPS) is 9.38. The third kappa shape index (κ3) is 2.08. The quantitative estimate of drug-likeness (QED) is 0.724. The largest absolute Gasteiger partial charge is 0.481 e. The van der Waals surface area contributed by atoms with Crippen molar-refractivity contribution < 1.29 is 14.3 Å². The summed E-state index contributed by atoms with van der Waals surface area (Å²) in [6.45, 7) is 0. The monoisotopic (exact) mass is 182 g/mol. The summed E-state index contributed by atoms with van der Waals surface area (Å²) < 4.78 is 9.70. The third-order valence-corrected chi connectivity index (χ3v) is 1.48. The molecular weight excluding hydrogens is 172 g/mol. The molecule has 1 aromatic heterocycles. The molecule has 0 saturated carbocycles. The zero-order chi connectivity index (χ0) is 9.84. The highest BCUT2D eigenvalue weighted by Gasteiger charge is 2.06. The van der Waals surface area contributed by atoms with E-state index in [0.717, 1.165) is 0 Å². The Kier molecular flexibility index (Phi) is 2.69. The lowest BCUT2D eigenvalue weighted by molar-refractivity contribution is 0.0999. The van der Waals surface area contributed by atoms with Gasteiger partial charge in [-0.1, -0.05) is 0 Å². The van der Waals surface area contributed by atoms with Crippen LogP contribution >= 0.6 is 0 Å². The lowest BCUT2D eigenvalue weighted by Gasteiger charge is -2.04. The van der Waals surface area contributed by atoms with Crippen LogP contribution in [0.3, 0.4) is 0 Å². The summed E-state index contributed by atoms with van der Waals surface area (Å²) in [6, 6.07) is 2.90. The Morgan fingerprint density at radius 1 is 1.31 bits per heavy atom. The Labute approximate surface area is 75.5 Å². The zero-order valence-corrected chi connectivity index (χ0v) is 7.40. The molecule has 0 aliphatic rings. The molecule has 0 aromatic carbocycles. The van der Waals surface area contributed by atoms with Gasteiger partial charge in [-0.2, -0.15) is 4.98 Å². The number of hydrogen-bond donors (Lipinski definition) is 1. The van der Waals surface area contributed by atoms with E-state index in [-0.39, 0.29) is 0 Å². The molecule has 0 saturated heterocycles. The highest BCUT2D eigenvalue weighted by Crippen LogP contribution is 2.16. The van der Waals surface area contributed by atoms with Gasteiger partial charge in [0, 0.05) is 17.7 Å². The van der Waals surface area contributed by atoms with Crippen LogP contribution in [0, 0.1) is 0 Å². The minimum atomic E-state index is -0.543. The van der Waals surface area contributed by atoms with Crippen molar-refractivity contribution in [1.82, 2.24) is 4.98 Å². The zero-order valence-electron chi connectivity index (χ0n) is 7.40. The molecule has 1 heterocycles. The van der Waals surface area contributed by atoms with Crippen molar-refractivity contribution in [2.75, 3.05) is 14.2 Å². The van der Waals surface area contributed by atoms with Crippen molar-refractivity contribution in [2.24, 2.45) is 5.73 Å². The van der Waals surface area contributed by atoms with Crippen LogP contribution in [0.5, 0.6) is 11.8 Å². The van der Waals surface area contributed by atoms with E-state index in [4.69, 9.17) is 15.2 Å². The molecule has 5 nitrogen and oxygen atoms in total. The second kappa shape index (κ2) is 3.75. The molecule has 1 rings (SSSR count). The van der Waals surface area contributed by atoms with E-state index in [1.807, 2.05) is 0 Å². The fourth-order valence-corrected chi connectivity index (χ4v) is 0.832. The lowest BCUT2D eigenvalue weighted by Crippen LogP contribution is -2.11. The van der Waals surface area contributed by atoms with Crippen molar-refractivity contribution >= 4 is 5.91 Å². The number of carbonyl (C=O) groups excluding carboxylic acids is 1. The van der Waals surface area contributed by atoms with Crippen LogP contribution in [-0.4, -0.2) is 25.1 Å². The number of pyridine rings is 1. The van der Waals surface area contributed by atoms with Crippen LogP contribution < -0.4 is 15.2 Å². The van der Waals surface area contributed by atoms with Crippen LogP contribution in [0.1, 0.15) is 10.4 Å². The van der Waals surface area contributed by atoms with Gasteiger partial charge >= 0.3 is 0 Å². The van der Waals surface area contributed by atoms with Gasteiger partial charge in [0.25, 0.3) is 0 Å². The first-order valence-corrected chi connectivity index (χ1v) is 3.57. The van der Waals surface area contributed by atoms with Crippen LogP contribution in [0.2, 0.25) is 0 Å². The standard InChI is InChI=1S/C8H10N2O3/c1-12-6-3-5(8(9)11)4-7(10-6)13-2/h3-4H,1-2H3,(H2,9,11). The number of primary amides is 1. The van der Waals surface area contributed by atoms with Crippen molar-refractivity contribution in [3.63, 3.8) is 0 Å². The van der Waals surface area contributed by atoms with Gasteiger partial charge in [0.05, 0.1) is 14.2 Å². The van der Waals surface area contributed by atoms with Gasteiger partial charge in [-0.15, -0.1) is 0 Å². The van der Waals surface area contributed by atoms with Crippen molar-refractivity contribution in [3.8, 4) is 11.8 Å². The number of ether oxygens (including phenoxy) is 2. The summed E-state index contributed by atoms with van der Waals surface area (Å²) >= 11 is 0. The van der Waals surface area contributed by atoms with Gasteiger partial charge in [-0.3, -0.25) is 4.79 Å². The van der Waals surface area contributed by atoms with Crippen LogP contribution in [0.4, 0.5) is 0 Å².